The van der Waals surface area contributed by atoms with Crippen molar-refractivity contribution in [3.8, 4) is 0 Å². The molecule has 0 unspecified atom stereocenters. The van der Waals surface area contributed by atoms with Crippen molar-refractivity contribution in [2.45, 2.75) is 44.4 Å². The lowest BCUT2D eigenvalue weighted by atomic mass is 10.1. The van der Waals surface area contributed by atoms with Crippen LogP contribution in [0.4, 0.5) is 5.69 Å². The van der Waals surface area contributed by atoms with Crippen molar-refractivity contribution in [2.75, 3.05) is 25.0 Å². The fourth-order valence-electron chi connectivity index (χ4n) is 3.54. The number of nitrogens with one attached hydrogen (secondary N) is 1. The van der Waals surface area contributed by atoms with Crippen LogP contribution >= 0.6 is 11.6 Å². The maximum Gasteiger partial charge on any atom is 0.338 e. The van der Waals surface area contributed by atoms with Crippen molar-refractivity contribution in [1.82, 2.24) is 4.31 Å². The SMILES string of the molecule is Cc1cccc(NC(=O)COC(=O)c2ccc(Cl)c(S(=O)(=O)N3CCCCCC3)c2)c1C. The molecule has 0 spiro atoms. The van der Waals surface area contributed by atoms with Gasteiger partial charge < -0.3 is 10.1 Å². The number of sulfonamides is 1. The Hall–Kier alpha value is -2.42. The molecule has 1 fully saturated rings. The molecule has 1 amide bonds. The summed E-state index contributed by atoms with van der Waals surface area (Å²) >= 11 is 6.17. The summed E-state index contributed by atoms with van der Waals surface area (Å²) in [6, 6.07) is 9.48. The van der Waals surface area contributed by atoms with Crippen molar-refractivity contribution in [2.24, 2.45) is 0 Å². The summed E-state index contributed by atoms with van der Waals surface area (Å²) < 4.78 is 32.7. The fourth-order valence-corrected chi connectivity index (χ4v) is 5.55. The Balaban J connectivity index is 1.69. The second-order valence-electron chi connectivity index (χ2n) is 7.84. The van der Waals surface area contributed by atoms with Crippen molar-refractivity contribution in [3.05, 3.63) is 58.1 Å². The second-order valence-corrected chi connectivity index (χ2v) is 10.1. The zero-order chi connectivity index (χ0) is 23.3. The van der Waals surface area contributed by atoms with Gasteiger partial charge in [0.25, 0.3) is 5.91 Å². The number of esters is 1. The van der Waals surface area contributed by atoms with Crippen molar-refractivity contribution < 1.29 is 22.7 Å². The number of carbonyl (C=O) groups is 2. The summed E-state index contributed by atoms with van der Waals surface area (Å²) in [6.07, 6.45) is 3.54. The smallest absolute Gasteiger partial charge is 0.338 e. The van der Waals surface area contributed by atoms with E-state index in [2.05, 4.69) is 5.32 Å². The molecular weight excluding hydrogens is 452 g/mol. The average molecular weight is 479 g/mol. The summed E-state index contributed by atoms with van der Waals surface area (Å²) in [7, 11) is -3.84. The zero-order valence-corrected chi connectivity index (χ0v) is 19.8. The first-order valence-corrected chi connectivity index (χ1v) is 12.3. The van der Waals surface area contributed by atoms with Crippen LogP contribution in [0, 0.1) is 13.8 Å². The summed E-state index contributed by atoms with van der Waals surface area (Å²) in [5, 5.41) is 2.75. The number of anilines is 1. The van der Waals surface area contributed by atoms with Crippen LogP contribution in [0.15, 0.2) is 41.3 Å². The van der Waals surface area contributed by atoms with E-state index in [-0.39, 0.29) is 15.5 Å². The molecule has 172 valence electrons. The number of hydrogen-bond donors (Lipinski definition) is 1. The van der Waals surface area contributed by atoms with Crippen LogP contribution in [0.5, 0.6) is 0 Å². The maximum atomic E-state index is 13.1. The second kappa shape index (κ2) is 10.5. The Morgan fingerprint density at radius 2 is 1.75 bits per heavy atom. The molecule has 3 rings (SSSR count). The van der Waals surface area contributed by atoms with Crippen LogP contribution in [-0.4, -0.2) is 44.3 Å². The fraction of sp³-hybridized carbons (Fsp3) is 0.391. The van der Waals surface area contributed by atoms with Gasteiger partial charge in [0.05, 0.1) is 10.6 Å². The number of ether oxygens (including phenoxy) is 1. The number of benzene rings is 2. The van der Waals surface area contributed by atoms with Gasteiger partial charge in [-0.3, -0.25) is 4.79 Å². The lowest BCUT2D eigenvalue weighted by Crippen LogP contribution is -2.32. The third-order valence-electron chi connectivity index (χ3n) is 5.56. The van der Waals surface area contributed by atoms with Gasteiger partial charge in [-0.15, -0.1) is 0 Å². The Kier molecular flexibility index (Phi) is 7.92. The summed E-state index contributed by atoms with van der Waals surface area (Å²) in [5.74, 6) is -1.29. The van der Waals surface area contributed by atoms with Crippen LogP contribution in [0.2, 0.25) is 5.02 Å². The van der Waals surface area contributed by atoms with Crippen molar-refractivity contribution >= 4 is 39.2 Å². The maximum absolute atomic E-state index is 13.1. The zero-order valence-electron chi connectivity index (χ0n) is 18.2. The minimum atomic E-state index is -3.84. The van der Waals surface area contributed by atoms with Crippen LogP contribution < -0.4 is 5.32 Å². The van der Waals surface area contributed by atoms with Gasteiger partial charge in [-0.05, 0) is 62.1 Å². The number of halogens is 1. The molecule has 0 radical (unpaired) electrons. The van der Waals surface area contributed by atoms with Gasteiger partial charge in [0.15, 0.2) is 6.61 Å². The minimum absolute atomic E-state index is 0.0160. The van der Waals surface area contributed by atoms with E-state index in [1.807, 2.05) is 26.0 Å². The normalized spacial score (nSPS) is 15.1. The highest BCUT2D eigenvalue weighted by atomic mass is 35.5. The van der Waals surface area contributed by atoms with Gasteiger partial charge in [0.1, 0.15) is 4.90 Å². The van der Waals surface area contributed by atoms with Crippen molar-refractivity contribution in [3.63, 3.8) is 0 Å². The Morgan fingerprint density at radius 3 is 2.44 bits per heavy atom. The topological polar surface area (TPSA) is 92.8 Å². The number of aryl methyl sites for hydroxylation is 1. The molecule has 9 heteroatoms. The largest absolute Gasteiger partial charge is 0.452 e. The van der Waals surface area contributed by atoms with E-state index in [9.17, 15) is 18.0 Å². The van der Waals surface area contributed by atoms with Crippen LogP contribution in [0.25, 0.3) is 0 Å². The molecule has 2 aromatic carbocycles. The Bertz CT molecular complexity index is 1110. The third-order valence-corrected chi connectivity index (χ3v) is 7.94. The number of amides is 1. The van der Waals surface area contributed by atoms with Crippen LogP contribution in [0.3, 0.4) is 0 Å². The lowest BCUT2D eigenvalue weighted by Gasteiger charge is -2.21. The minimum Gasteiger partial charge on any atom is -0.452 e. The van der Waals surface area contributed by atoms with Crippen molar-refractivity contribution in [1.29, 1.82) is 0 Å². The third kappa shape index (κ3) is 5.68. The first-order chi connectivity index (χ1) is 15.2. The molecule has 0 saturated carbocycles. The highest BCUT2D eigenvalue weighted by Crippen LogP contribution is 2.28. The van der Waals surface area contributed by atoms with Gasteiger partial charge in [-0.1, -0.05) is 36.6 Å². The van der Waals surface area contributed by atoms with Crippen LogP contribution in [-0.2, 0) is 19.6 Å². The first kappa shape index (κ1) is 24.2. The molecular formula is C23H27ClN2O5S. The molecule has 0 atom stereocenters. The highest BCUT2D eigenvalue weighted by Gasteiger charge is 2.28. The number of nitrogens with zero attached hydrogens (tertiary/aromatic N) is 1. The number of rotatable bonds is 6. The summed E-state index contributed by atoms with van der Waals surface area (Å²) in [5.41, 5.74) is 2.61. The highest BCUT2D eigenvalue weighted by molar-refractivity contribution is 7.89. The monoisotopic (exact) mass is 478 g/mol. The lowest BCUT2D eigenvalue weighted by molar-refractivity contribution is -0.119. The first-order valence-electron chi connectivity index (χ1n) is 10.5. The molecule has 1 N–H and O–H groups in total. The molecule has 0 aliphatic carbocycles. The molecule has 0 aromatic heterocycles. The molecule has 1 saturated heterocycles. The molecule has 1 heterocycles. The molecule has 2 aromatic rings. The number of carbonyl (C=O) groups excluding carboxylic acids is 2. The Labute approximate surface area is 193 Å². The molecule has 1 aliphatic rings. The average Bonchev–Trinajstić information content (AvgIpc) is 3.06. The summed E-state index contributed by atoms with van der Waals surface area (Å²) in [4.78, 5) is 24.6. The van der Waals surface area contributed by atoms with E-state index < -0.39 is 28.5 Å². The van der Waals surface area contributed by atoms with E-state index in [0.717, 1.165) is 36.8 Å². The van der Waals surface area contributed by atoms with E-state index in [1.54, 1.807) is 6.07 Å². The van der Waals surface area contributed by atoms with Gasteiger partial charge in [-0.25, -0.2) is 13.2 Å². The summed E-state index contributed by atoms with van der Waals surface area (Å²) in [6.45, 7) is 4.17. The predicted molar refractivity (Wildman–Crippen MR) is 124 cm³/mol. The molecule has 1 aliphatic heterocycles. The standard InChI is InChI=1S/C23H27ClN2O5S/c1-16-8-7-9-20(17(16)2)25-22(27)15-31-23(28)18-10-11-19(24)21(14-18)32(29,30)26-12-5-3-4-6-13-26/h7-11,14H,3-6,12-13,15H2,1-2H3,(H,25,27). The quantitative estimate of drug-likeness (QED) is 0.624. The van der Waals surface area contributed by atoms with Crippen LogP contribution in [0.1, 0.15) is 47.2 Å². The molecule has 32 heavy (non-hydrogen) atoms. The van der Waals surface area contributed by atoms with E-state index in [4.69, 9.17) is 16.3 Å². The van der Waals surface area contributed by atoms with Gasteiger partial charge in [-0.2, -0.15) is 4.31 Å². The van der Waals surface area contributed by atoms with Gasteiger partial charge in [0, 0.05) is 18.8 Å². The van der Waals surface area contributed by atoms with E-state index in [0.29, 0.717) is 18.8 Å². The van der Waals surface area contributed by atoms with E-state index >= 15 is 0 Å². The molecule has 7 nitrogen and oxygen atoms in total. The van der Waals surface area contributed by atoms with Gasteiger partial charge >= 0.3 is 5.97 Å². The van der Waals surface area contributed by atoms with Gasteiger partial charge in [0.2, 0.25) is 10.0 Å². The predicted octanol–water partition coefficient (Wildman–Crippen LogP) is 4.32. The van der Waals surface area contributed by atoms with E-state index in [1.165, 1.54) is 22.5 Å². The Morgan fingerprint density at radius 1 is 1.06 bits per heavy atom. The number of hydrogen-bond acceptors (Lipinski definition) is 5. The molecule has 0 bridgehead atoms.